The molecule has 1 aliphatic heterocycles. The van der Waals surface area contributed by atoms with Crippen molar-refractivity contribution in [1.82, 2.24) is 9.97 Å². The zero-order chi connectivity index (χ0) is 31.8. The van der Waals surface area contributed by atoms with Gasteiger partial charge >= 0.3 is 0 Å². The summed E-state index contributed by atoms with van der Waals surface area (Å²) in [5.74, 6) is 0. The lowest BCUT2D eigenvalue weighted by Gasteiger charge is -2.37. The standard InChI is InChI=1S/C34H48Br2N2O3Si2/c1-33(2,3)42(7,8)40-17-15-25-26(16-18-41-43(9,10)34(4,5)6)32(30-14-12-24(36)20-38-30)28-22-39-21-27(28)31(25)29-13-11-23(35)19-37-29/h11-14,19-20H,15-18,21-22H2,1-10H3. The summed E-state index contributed by atoms with van der Waals surface area (Å²) in [5.41, 5.74) is 9.27. The number of aromatic nitrogens is 2. The number of hydrogen-bond donors (Lipinski definition) is 0. The monoisotopic (exact) mass is 746 g/mol. The number of benzene rings is 1. The van der Waals surface area contributed by atoms with Crippen LogP contribution in [-0.2, 0) is 39.6 Å². The molecule has 1 aliphatic rings. The van der Waals surface area contributed by atoms with E-state index in [2.05, 4.69) is 124 Å². The van der Waals surface area contributed by atoms with Crippen molar-refractivity contribution in [2.45, 2.75) is 104 Å². The van der Waals surface area contributed by atoms with E-state index in [4.69, 9.17) is 23.6 Å². The summed E-state index contributed by atoms with van der Waals surface area (Å²) >= 11 is 7.17. The molecular weight excluding hydrogens is 700 g/mol. The van der Waals surface area contributed by atoms with Gasteiger partial charge in [0.1, 0.15) is 0 Å². The number of halogens is 2. The molecule has 1 aromatic carbocycles. The smallest absolute Gasteiger partial charge is 0.191 e. The molecule has 3 aromatic rings. The second-order valence-electron chi connectivity index (χ2n) is 14.6. The molecule has 9 heteroatoms. The highest BCUT2D eigenvalue weighted by molar-refractivity contribution is 9.10. The van der Waals surface area contributed by atoms with Crippen LogP contribution in [0.5, 0.6) is 0 Å². The van der Waals surface area contributed by atoms with Gasteiger partial charge in [-0.3, -0.25) is 9.97 Å². The van der Waals surface area contributed by atoms with E-state index in [9.17, 15) is 0 Å². The van der Waals surface area contributed by atoms with E-state index in [0.717, 1.165) is 33.2 Å². The molecule has 43 heavy (non-hydrogen) atoms. The predicted molar refractivity (Wildman–Crippen MR) is 191 cm³/mol. The summed E-state index contributed by atoms with van der Waals surface area (Å²) in [4.78, 5) is 9.82. The first kappa shape index (κ1) is 34.7. The van der Waals surface area contributed by atoms with Gasteiger partial charge in [-0.2, -0.15) is 0 Å². The van der Waals surface area contributed by atoms with E-state index < -0.39 is 16.6 Å². The molecule has 0 fully saturated rings. The Morgan fingerprint density at radius 1 is 0.674 bits per heavy atom. The Balaban J connectivity index is 1.91. The third-order valence-corrected chi connectivity index (χ3v) is 19.7. The van der Waals surface area contributed by atoms with Gasteiger partial charge in [-0.15, -0.1) is 0 Å². The zero-order valence-electron chi connectivity index (χ0n) is 27.6. The number of hydrogen-bond acceptors (Lipinski definition) is 5. The van der Waals surface area contributed by atoms with E-state index in [1.165, 1.54) is 33.4 Å². The Hall–Kier alpha value is -1.21. The van der Waals surface area contributed by atoms with Crippen molar-refractivity contribution in [2.75, 3.05) is 13.2 Å². The van der Waals surface area contributed by atoms with Crippen LogP contribution in [0.3, 0.4) is 0 Å². The van der Waals surface area contributed by atoms with Crippen LogP contribution in [0.4, 0.5) is 0 Å². The average molecular weight is 749 g/mol. The molecule has 0 spiro atoms. The van der Waals surface area contributed by atoms with Gasteiger partial charge in [-0.05, 0) is 127 Å². The highest BCUT2D eigenvalue weighted by atomic mass is 79.9. The SMILES string of the molecule is CC(C)(C)[Si](C)(C)OCCc1c(CCO[Si](C)(C)C(C)(C)C)c(-c2ccc(Br)cn2)c2c(c1-c1ccc(Br)cn1)COC2. The van der Waals surface area contributed by atoms with Crippen molar-refractivity contribution in [1.29, 1.82) is 0 Å². The molecule has 0 amide bonds. The maximum absolute atomic E-state index is 6.78. The largest absolute Gasteiger partial charge is 0.416 e. The van der Waals surface area contributed by atoms with Crippen molar-refractivity contribution in [3.05, 3.63) is 67.9 Å². The minimum absolute atomic E-state index is 0.140. The molecule has 3 heterocycles. The molecule has 0 bridgehead atoms. The Kier molecular flexibility index (Phi) is 10.7. The molecule has 234 valence electrons. The highest BCUT2D eigenvalue weighted by Gasteiger charge is 2.38. The molecule has 0 aliphatic carbocycles. The van der Waals surface area contributed by atoms with Crippen molar-refractivity contribution < 1.29 is 13.6 Å². The molecule has 2 aromatic heterocycles. The minimum Gasteiger partial charge on any atom is -0.416 e. The van der Waals surface area contributed by atoms with Crippen LogP contribution in [-0.4, -0.2) is 39.8 Å². The molecule has 0 saturated heterocycles. The van der Waals surface area contributed by atoms with Crippen LogP contribution in [0, 0.1) is 0 Å². The van der Waals surface area contributed by atoms with Crippen LogP contribution in [0.1, 0.15) is 63.8 Å². The second-order valence-corrected chi connectivity index (χ2v) is 26.0. The molecule has 4 rings (SSSR count). The van der Waals surface area contributed by atoms with Crippen LogP contribution >= 0.6 is 31.9 Å². The van der Waals surface area contributed by atoms with Crippen molar-refractivity contribution in [3.63, 3.8) is 0 Å². The summed E-state index contributed by atoms with van der Waals surface area (Å²) in [7, 11) is -3.88. The third-order valence-electron chi connectivity index (χ3n) is 9.64. The predicted octanol–water partition coefficient (Wildman–Crippen LogP) is 10.5. The topological polar surface area (TPSA) is 53.5 Å². The number of rotatable bonds is 10. The molecule has 0 N–H and O–H groups in total. The Morgan fingerprint density at radius 2 is 1.05 bits per heavy atom. The van der Waals surface area contributed by atoms with E-state index >= 15 is 0 Å². The fourth-order valence-corrected chi connectivity index (χ4v) is 7.57. The molecule has 5 nitrogen and oxygen atoms in total. The van der Waals surface area contributed by atoms with E-state index in [0.29, 0.717) is 26.4 Å². The fraction of sp³-hybridized carbons (Fsp3) is 0.529. The third kappa shape index (κ3) is 7.79. The zero-order valence-corrected chi connectivity index (χ0v) is 32.8. The first-order valence-electron chi connectivity index (χ1n) is 15.2. The average Bonchev–Trinajstić information content (AvgIpc) is 3.38. The normalized spacial score (nSPS) is 14.3. The van der Waals surface area contributed by atoms with Crippen LogP contribution in [0.2, 0.25) is 36.3 Å². The summed E-state index contributed by atoms with van der Waals surface area (Å²) in [5, 5.41) is 0.280. The maximum Gasteiger partial charge on any atom is 0.191 e. The molecular formula is C34H48Br2N2O3Si2. The molecule has 0 unspecified atom stereocenters. The van der Waals surface area contributed by atoms with Crippen LogP contribution in [0.15, 0.2) is 45.6 Å². The summed E-state index contributed by atoms with van der Waals surface area (Å²) in [6, 6.07) is 8.38. The van der Waals surface area contributed by atoms with E-state index in [-0.39, 0.29) is 10.1 Å². The lowest BCUT2D eigenvalue weighted by Crippen LogP contribution is -2.41. The van der Waals surface area contributed by atoms with Gasteiger partial charge in [0, 0.05) is 45.7 Å². The molecule has 0 atom stereocenters. The van der Waals surface area contributed by atoms with Gasteiger partial charge in [-0.1, -0.05) is 41.5 Å². The van der Waals surface area contributed by atoms with Gasteiger partial charge in [0.2, 0.25) is 0 Å². The van der Waals surface area contributed by atoms with Gasteiger partial charge in [0.15, 0.2) is 16.6 Å². The number of ether oxygens (including phenoxy) is 1. The Labute approximate surface area is 278 Å². The molecule has 0 radical (unpaired) electrons. The minimum atomic E-state index is -1.94. The quantitative estimate of drug-likeness (QED) is 0.193. The first-order chi connectivity index (χ1) is 19.9. The van der Waals surface area contributed by atoms with E-state index in [1.54, 1.807) is 0 Å². The van der Waals surface area contributed by atoms with Crippen LogP contribution in [0.25, 0.3) is 22.5 Å². The van der Waals surface area contributed by atoms with Gasteiger partial charge < -0.3 is 13.6 Å². The fourth-order valence-electron chi connectivity index (χ4n) is 5.01. The van der Waals surface area contributed by atoms with Crippen molar-refractivity contribution in [2.24, 2.45) is 0 Å². The van der Waals surface area contributed by atoms with Crippen molar-refractivity contribution in [3.8, 4) is 22.5 Å². The van der Waals surface area contributed by atoms with Gasteiger partial charge in [0.25, 0.3) is 0 Å². The van der Waals surface area contributed by atoms with Crippen molar-refractivity contribution >= 4 is 48.5 Å². The number of pyridine rings is 2. The summed E-state index contributed by atoms with van der Waals surface area (Å²) in [6.07, 6.45) is 5.34. The highest BCUT2D eigenvalue weighted by Crippen LogP contribution is 2.45. The molecule has 0 saturated carbocycles. The number of nitrogens with zero attached hydrogens (tertiary/aromatic N) is 2. The summed E-state index contributed by atoms with van der Waals surface area (Å²) < 4.78 is 21.7. The lowest BCUT2D eigenvalue weighted by atomic mass is 9.82. The van der Waals surface area contributed by atoms with Crippen LogP contribution < -0.4 is 0 Å². The van der Waals surface area contributed by atoms with E-state index in [1.807, 2.05) is 12.4 Å². The number of fused-ring (bicyclic) bond motifs is 1. The first-order valence-corrected chi connectivity index (χ1v) is 22.6. The second kappa shape index (κ2) is 13.3. The van der Waals surface area contributed by atoms with Gasteiger partial charge in [-0.25, -0.2) is 0 Å². The Morgan fingerprint density at radius 3 is 1.35 bits per heavy atom. The maximum atomic E-state index is 6.78. The summed E-state index contributed by atoms with van der Waals surface area (Å²) in [6.45, 7) is 25.5. The Bertz CT molecular complexity index is 1320. The lowest BCUT2D eigenvalue weighted by molar-refractivity contribution is 0.135. The van der Waals surface area contributed by atoms with Gasteiger partial charge in [0.05, 0.1) is 24.6 Å².